The fourth-order valence-electron chi connectivity index (χ4n) is 3.71. The van der Waals surface area contributed by atoms with Gasteiger partial charge in [-0.15, -0.1) is 0 Å². The Morgan fingerprint density at radius 3 is 2.77 bits per heavy atom. The first-order chi connectivity index (χ1) is 15.1. The molecule has 4 rings (SSSR count). The molecule has 0 N–H and O–H groups in total. The number of carbonyl (C=O) groups is 1. The van der Waals surface area contributed by atoms with Crippen LogP contribution in [-0.4, -0.2) is 41.6 Å². The third-order valence-electron chi connectivity index (χ3n) is 5.44. The van der Waals surface area contributed by atoms with Gasteiger partial charge in [0.1, 0.15) is 23.2 Å². The minimum absolute atomic E-state index is 0.0134. The lowest BCUT2D eigenvalue weighted by Gasteiger charge is -2.31. The molecular formula is C24H27FN2O3S. The fraction of sp³-hybridized carbons (Fsp3) is 0.417. The molecule has 164 valence electrons. The van der Waals surface area contributed by atoms with E-state index in [0.717, 1.165) is 42.6 Å². The molecule has 1 amide bonds. The number of unbranched alkanes of at least 4 members (excludes halogenated alkanes) is 2. The molecule has 1 aliphatic heterocycles. The van der Waals surface area contributed by atoms with Crippen LogP contribution in [0.1, 0.15) is 49.4 Å². The van der Waals surface area contributed by atoms with Crippen molar-refractivity contribution in [2.75, 3.05) is 19.7 Å². The van der Waals surface area contributed by atoms with Gasteiger partial charge in [-0.05, 0) is 36.8 Å². The number of nitrogens with zero attached hydrogens (tertiary/aromatic N) is 2. The highest BCUT2D eigenvalue weighted by atomic mass is 32.1. The van der Waals surface area contributed by atoms with Crippen molar-refractivity contribution in [1.29, 1.82) is 0 Å². The number of para-hydroxylation sites is 1. The number of hydrogen-bond acceptors (Lipinski definition) is 5. The zero-order valence-corrected chi connectivity index (χ0v) is 18.5. The molecule has 0 radical (unpaired) electrons. The van der Waals surface area contributed by atoms with Crippen LogP contribution >= 0.6 is 11.3 Å². The number of likely N-dealkylation sites (tertiary alicyclic amines) is 1. The number of hydrogen-bond donors (Lipinski definition) is 0. The van der Waals surface area contributed by atoms with E-state index in [4.69, 9.17) is 9.47 Å². The number of halogens is 1. The van der Waals surface area contributed by atoms with Gasteiger partial charge >= 0.3 is 0 Å². The molecule has 1 aliphatic rings. The second-order valence-electron chi connectivity index (χ2n) is 7.76. The van der Waals surface area contributed by atoms with Crippen molar-refractivity contribution in [3.63, 3.8) is 0 Å². The summed E-state index contributed by atoms with van der Waals surface area (Å²) < 4.78 is 26.4. The van der Waals surface area contributed by atoms with E-state index >= 15 is 0 Å². The van der Waals surface area contributed by atoms with Crippen molar-refractivity contribution >= 4 is 27.5 Å². The molecule has 0 saturated carbocycles. The normalized spacial score (nSPS) is 14.7. The predicted molar refractivity (Wildman–Crippen MR) is 121 cm³/mol. The van der Waals surface area contributed by atoms with Crippen molar-refractivity contribution in [3.8, 4) is 10.9 Å². The van der Waals surface area contributed by atoms with Crippen LogP contribution in [-0.2, 0) is 0 Å². The Hall–Kier alpha value is -2.67. The van der Waals surface area contributed by atoms with Gasteiger partial charge in [-0.1, -0.05) is 43.2 Å². The quantitative estimate of drug-likeness (QED) is 0.421. The summed E-state index contributed by atoms with van der Waals surface area (Å²) in [6, 6.07) is 12.3. The van der Waals surface area contributed by atoms with E-state index in [2.05, 4.69) is 11.9 Å². The maximum absolute atomic E-state index is 13.8. The standard InChI is InChI=1S/C24H27FN2O3S/c1-2-3-4-15-29-19-8-5-7-17(16-19)23(28)27-13-11-18(12-14-27)30-24-26-22-20(25)9-6-10-21(22)31-24/h5-10,16,18H,2-4,11-15H2,1H3. The van der Waals surface area contributed by atoms with Crippen LogP contribution in [0.4, 0.5) is 4.39 Å². The number of aromatic nitrogens is 1. The molecule has 31 heavy (non-hydrogen) atoms. The number of carbonyl (C=O) groups excluding carboxylic acids is 1. The van der Waals surface area contributed by atoms with E-state index in [1.165, 1.54) is 17.4 Å². The Morgan fingerprint density at radius 2 is 2.00 bits per heavy atom. The Morgan fingerprint density at radius 1 is 1.19 bits per heavy atom. The third kappa shape index (κ3) is 5.34. The zero-order valence-electron chi connectivity index (χ0n) is 17.7. The number of amides is 1. The lowest BCUT2D eigenvalue weighted by Crippen LogP contribution is -2.41. The lowest BCUT2D eigenvalue weighted by atomic mass is 10.1. The van der Waals surface area contributed by atoms with E-state index in [9.17, 15) is 9.18 Å². The number of rotatable bonds is 8. The molecule has 3 aromatic rings. The molecule has 0 aliphatic carbocycles. The van der Waals surface area contributed by atoms with Crippen LogP contribution in [0.25, 0.3) is 10.2 Å². The average Bonchev–Trinajstić information content (AvgIpc) is 3.21. The summed E-state index contributed by atoms with van der Waals surface area (Å²) in [6.07, 6.45) is 4.72. The first kappa shape index (κ1) is 21.6. The van der Waals surface area contributed by atoms with E-state index in [1.807, 2.05) is 35.2 Å². The highest BCUT2D eigenvalue weighted by Crippen LogP contribution is 2.31. The summed E-state index contributed by atoms with van der Waals surface area (Å²) in [5.74, 6) is 0.420. The largest absolute Gasteiger partial charge is 0.494 e. The van der Waals surface area contributed by atoms with Crippen LogP contribution in [0.3, 0.4) is 0 Å². The maximum atomic E-state index is 13.8. The van der Waals surface area contributed by atoms with Gasteiger partial charge in [0.2, 0.25) is 0 Å². The van der Waals surface area contributed by atoms with Gasteiger partial charge in [-0.25, -0.2) is 4.39 Å². The van der Waals surface area contributed by atoms with Gasteiger partial charge in [0.25, 0.3) is 11.1 Å². The summed E-state index contributed by atoms with van der Waals surface area (Å²) in [6.45, 7) is 4.06. The number of benzene rings is 2. The summed E-state index contributed by atoms with van der Waals surface area (Å²) >= 11 is 1.35. The van der Waals surface area contributed by atoms with E-state index in [1.54, 1.807) is 6.07 Å². The fourth-order valence-corrected chi connectivity index (χ4v) is 4.60. The molecule has 0 unspecified atom stereocenters. The molecule has 7 heteroatoms. The number of ether oxygens (including phenoxy) is 2. The molecule has 1 fully saturated rings. The van der Waals surface area contributed by atoms with Gasteiger partial charge in [0.05, 0.1) is 11.3 Å². The average molecular weight is 443 g/mol. The molecule has 1 saturated heterocycles. The van der Waals surface area contributed by atoms with E-state index in [0.29, 0.717) is 36.0 Å². The Labute approximate surface area is 185 Å². The molecule has 5 nitrogen and oxygen atoms in total. The van der Waals surface area contributed by atoms with E-state index < -0.39 is 0 Å². The van der Waals surface area contributed by atoms with Crippen molar-refractivity contribution in [2.45, 2.75) is 45.1 Å². The van der Waals surface area contributed by atoms with Gasteiger partial charge < -0.3 is 14.4 Å². The Balaban J connectivity index is 1.31. The molecular weight excluding hydrogens is 415 g/mol. The summed E-state index contributed by atoms with van der Waals surface area (Å²) in [4.78, 5) is 19.1. The first-order valence-electron chi connectivity index (χ1n) is 10.9. The number of fused-ring (bicyclic) bond motifs is 1. The number of piperidine rings is 1. The first-order valence-corrected chi connectivity index (χ1v) is 11.7. The van der Waals surface area contributed by atoms with Gasteiger partial charge in [0.15, 0.2) is 0 Å². The predicted octanol–water partition coefficient (Wildman–Crippen LogP) is 5.69. The SMILES string of the molecule is CCCCCOc1cccc(C(=O)N2CCC(Oc3nc4c(F)cccc4s3)CC2)c1. The van der Waals surface area contributed by atoms with E-state index in [-0.39, 0.29) is 17.8 Å². The van der Waals surface area contributed by atoms with Crippen molar-refractivity contribution < 1.29 is 18.7 Å². The maximum Gasteiger partial charge on any atom is 0.274 e. The van der Waals surface area contributed by atoms with Crippen LogP contribution in [0.15, 0.2) is 42.5 Å². The van der Waals surface area contributed by atoms with Gasteiger partial charge in [0, 0.05) is 31.5 Å². The highest BCUT2D eigenvalue weighted by Gasteiger charge is 2.26. The molecule has 2 heterocycles. The third-order valence-corrected chi connectivity index (χ3v) is 6.36. The van der Waals surface area contributed by atoms with Crippen LogP contribution < -0.4 is 9.47 Å². The minimum Gasteiger partial charge on any atom is -0.494 e. The van der Waals surface area contributed by atoms with Crippen LogP contribution in [0.2, 0.25) is 0 Å². The van der Waals surface area contributed by atoms with Crippen LogP contribution in [0.5, 0.6) is 10.9 Å². The minimum atomic E-state index is -0.333. The topological polar surface area (TPSA) is 51.7 Å². The molecule has 0 atom stereocenters. The lowest BCUT2D eigenvalue weighted by molar-refractivity contribution is 0.0595. The second-order valence-corrected chi connectivity index (χ2v) is 8.75. The zero-order chi connectivity index (χ0) is 21.6. The van der Waals surface area contributed by atoms with Crippen molar-refractivity contribution in [2.24, 2.45) is 0 Å². The van der Waals surface area contributed by atoms with Crippen LogP contribution in [0, 0.1) is 5.82 Å². The molecule has 2 aromatic carbocycles. The Kier molecular flexibility index (Phi) is 7.02. The van der Waals surface area contributed by atoms with Crippen molar-refractivity contribution in [1.82, 2.24) is 9.88 Å². The summed E-state index contributed by atoms with van der Waals surface area (Å²) in [5.41, 5.74) is 1.00. The Bertz CT molecular complexity index is 1030. The summed E-state index contributed by atoms with van der Waals surface area (Å²) in [5, 5.41) is 0.484. The van der Waals surface area contributed by atoms with Gasteiger partial charge in [-0.2, -0.15) is 4.98 Å². The molecule has 0 spiro atoms. The monoisotopic (exact) mass is 442 g/mol. The number of thiazole rings is 1. The second kappa shape index (κ2) is 10.1. The summed E-state index contributed by atoms with van der Waals surface area (Å²) in [7, 11) is 0. The smallest absolute Gasteiger partial charge is 0.274 e. The van der Waals surface area contributed by atoms with Gasteiger partial charge in [-0.3, -0.25) is 4.79 Å². The highest BCUT2D eigenvalue weighted by molar-refractivity contribution is 7.20. The van der Waals surface area contributed by atoms with Crippen molar-refractivity contribution in [3.05, 3.63) is 53.8 Å². The molecule has 1 aromatic heterocycles. The molecule has 0 bridgehead atoms.